The van der Waals surface area contributed by atoms with E-state index in [0.717, 1.165) is 18.5 Å². The molecule has 0 amide bonds. The first-order valence-electron chi connectivity index (χ1n) is 7.00. The van der Waals surface area contributed by atoms with E-state index in [0.29, 0.717) is 0 Å². The van der Waals surface area contributed by atoms with Gasteiger partial charge in [-0.15, -0.1) is 0 Å². The van der Waals surface area contributed by atoms with E-state index >= 15 is 0 Å². The minimum atomic E-state index is 0.749. The maximum absolute atomic E-state index is 3.65. The number of hydrogen-bond acceptors (Lipinski definition) is 2. The molecule has 0 heterocycles. The number of nitrogens with one attached hydrogen (secondary N) is 1. The molecule has 0 saturated heterocycles. The maximum atomic E-state index is 3.65. The highest BCUT2D eigenvalue weighted by molar-refractivity contribution is 7.98. The van der Waals surface area contributed by atoms with Gasteiger partial charge in [0.15, 0.2) is 0 Å². The van der Waals surface area contributed by atoms with Gasteiger partial charge in [-0.05, 0) is 37.3 Å². The topological polar surface area (TPSA) is 12.0 Å². The van der Waals surface area contributed by atoms with Crippen LogP contribution in [0.3, 0.4) is 0 Å². The van der Waals surface area contributed by atoms with E-state index in [-0.39, 0.29) is 0 Å². The van der Waals surface area contributed by atoms with Gasteiger partial charge in [-0.1, -0.05) is 46.5 Å². The Bertz CT molecular complexity index is 139. The van der Waals surface area contributed by atoms with Crippen molar-refractivity contribution in [1.29, 1.82) is 0 Å². The molecule has 1 nitrogen and oxygen atoms in total. The number of thioether (sulfide) groups is 1. The minimum Gasteiger partial charge on any atom is -0.314 e. The van der Waals surface area contributed by atoms with Gasteiger partial charge in [-0.25, -0.2) is 0 Å². The van der Waals surface area contributed by atoms with Crippen LogP contribution < -0.4 is 5.32 Å². The summed E-state index contributed by atoms with van der Waals surface area (Å²) in [6.07, 6.45) is 10.4. The lowest BCUT2D eigenvalue weighted by Crippen LogP contribution is -2.31. The van der Waals surface area contributed by atoms with Crippen molar-refractivity contribution < 1.29 is 0 Å². The van der Waals surface area contributed by atoms with Gasteiger partial charge in [0.05, 0.1) is 0 Å². The van der Waals surface area contributed by atoms with Crippen molar-refractivity contribution in [2.24, 2.45) is 5.92 Å². The Morgan fingerprint density at radius 3 is 2.38 bits per heavy atom. The van der Waals surface area contributed by atoms with Crippen LogP contribution in [0.25, 0.3) is 0 Å². The predicted octanol–water partition coefficient (Wildman–Crippen LogP) is 4.32. The molecule has 0 radical (unpaired) electrons. The van der Waals surface area contributed by atoms with Crippen molar-refractivity contribution in [1.82, 2.24) is 5.32 Å². The third-order valence-corrected chi connectivity index (χ3v) is 3.97. The van der Waals surface area contributed by atoms with Crippen LogP contribution in [0.4, 0.5) is 0 Å². The van der Waals surface area contributed by atoms with E-state index in [1.54, 1.807) is 0 Å². The van der Waals surface area contributed by atoms with Crippen molar-refractivity contribution >= 4 is 11.8 Å². The summed E-state index contributed by atoms with van der Waals surface area (Å²) >= 11 is 1.97. The number of rotatable bonds is 11. The largest absolute Gasteiger partial charge is 0.314 e. The Morgan fingerprint density at radius 2 is 1.88 bits per heavy atom. The van der Waals surface area contributed by atoms with Gasteiger partial charge in [-0.2, -0.15) is 11.8 Å². The molecule has 0 saturated carbocycles. The molecule has 0 spiro atoms. The van der Waals surface area contributed by atoms with Gasteiger partial charge in [-0.3, -0.25) is 0 Å². The van der Waals surface area contributed by atoms with Crippen LogP contribution in [0.1, 0.15) is 59.3 Å². The second kappa shape index (κ2) is 11.8. The average molecular weight is 245 g/mol. The maximum Gasteiger partial charge on any atom is 0.00774 e. The first-order chi connectivity index (χ1) is 7.78. The third kappa shape index (κ3) is 8.46. The molecule has 2 unspecified atom stereocenters. The molecule has 16 heavy (non-hydrogen) atoms. The summed E-state index contributed by atoms with van der Waals surface area (Å²) in [7, 11) is 0. The first-order valence-corrected chi connectivity index (χ1v) is 8.40. The quantitative estimate of drug-likeness (QED) is 0.582. The Labute approximate surface area is 107 Å². The van der Waals surface area contributed by atoms with Gasteiger partial charge < -0.3 is 5.32 Å². The van der Waals surface area contributed by atoms with Gasteiger partial charge in [0.25, 0.3) is 0 Å². The Hall–Kier alpha value is 0.310. The summed E-state index contributed by atoms with van der Waals surface area (Å²) in [5.74, 6) is 2.23. The summed E-state index contributed by atoms with van der Waals surface area (Å²) < 4.78 is 0. The van der Waals surface area contributed by atoms with E-state index in [1.807, 2.05) is 11.8 Å². The van der Waals surface area contributed by atoms with Crippen molar-refractivity contribution in [3.63, 3.8) is 0 Å². The lowest BCUT2D eigenvalue weighted by molar-refractivity contribution is 0.348. The monoisotopic (exact) mass is 245 g/mol. The molecule has 0 aromatic heterocycles. The van der Waals surface area contributed by atoms with E-state index in [4.69, 9.17) is 0 Å². The summed E-state index contributed by atoms with van der Waals surface area (Å²) in [5, 5.41) is 3.65. The zero-order valence-corrected chi connectivity index (χ0v) is 12.5. The second-order valence-electron chi connectivity index (χ2n) is 4.69. The molecule has 0 fully saturated rings. The Balaban J connectivity index is 3.90. The molecule has 2 heteroatoms. The van der Waals surface area contributed by atoms with Crippen molar-refractivity contribution in [3.8, 4) is 0 Å². The third-order valence-electron chi connectivity index (χ3n) is 3.32. The van der Waals surface area contributed by atoms with Crippen LogP contribution in [-0.4, -0.2) is 24.6 Å². The summed E-state index contributed by atoms with van der Waals surface area (Å²) in [5.41, 5.74) is 0. The molecule has 0 aliphatic carbocycles. The fourth-order valence-corrected chi connectivity index (χ4v) is 2.76. The van der Waals surface area contributed by atoms with Crippen LogP contribution >= 0.6 is 11.8 Å². The number of unbranched alkanes of at least 4 members (excludes halogenated alkanes) is 1. The molecule has 2 atom stereocenters. The SMILES string of the molecule is CCCCC(CC)CC(CCSC)NCC. The van der Waals surface area contributed by atoms with E-state index in [9.17, 15) is 0 Å². The molecule has 0 aromatic rings. The lowest BCUT2D eigenvalue weighted by atomic mass is 9.91. The highest BCUT2D eigenvalue weighted by Crippen LogP contribution is 2.20. The van der Waals surface area contributed by atoms with Crippen molar-refractivity contribution in [2.45, 2.75) is 65.3 Å². The van der Waals surface area contributed by atoms with Crippen LogP contribution in [0, 0.1) is 5.92 Å². The molecule has 0 rings (SSSR count). The standard InChI is InChI=1S/C14H31NS/c1-5-8-9-13(6-2)12-14(15-7-3)10-11-16-4/h13-15H,5-12H2,1-4H3. The van der Waals surface area contributed by atoms with Gasteiger partial charge in [0.1, 0.15) is 0 Å². The van der Waals surface area contributed by atoms with E-state index in [1.165, 1.54) is 44.3 Å². The van der Waals surface area contributed by atoms with Gasteiger partial charge in [0, 0.05) is 6.04 Å². The summed E-state index contributed by atoms with van der Waals surface area (Å²) in [6, 6.07) is 0.749. The lowest BCUT2D eigenvalue weighted by Gasteiger charge is -2.23. The molecular weight excluding hydrogens is 214 g/mol. The van der Waals surface area contributed by atoms with Crippen LogP contribution in [0.2, 0.25) is 0 Å². The zero-order chi connectivity index (χ0) is 12.2. The molecule has 0 aromatic carbocycles. The highest BCUT2D eigenvalue weighted by Gasteiger charge is 2.13. The van der Waals surface area contributed by atoms with Crippen molar-refractivity contribution in [3.05, 3.63) is 0 Å². The van der Waals surface area contributed by atoms with Crippen molar-refractivity contribution in [2.75, 3.05) is 18.6 Å². The zero-order valence-electron chi connectivity index (χ0n) is 11.7. The Kier molecular flexibility index (Phi) is 12.0. The predicted molar refractivity (Wildman–Crippen MR) is 78.4 cm³/mol. The molecule has 1 N–H and O–H groups in total. The Morgan fingerprint density at radius 1 is 1.12 bits per heavy atom. The molecule has 0 aliphatic rings. The van der Waals surface area contributed by atoms with E-state index in [2.05, 4.69) is 32.3 Å². The summed E-state index contributed by atoms with van der Waals surface area (Å²) in [4.78, 5) is 0. The average Bonchev–Trinajstić information content (AvgIpc) is 2.31. The fraction of sp³-hybridized carbons (Fsp3) is 1.00. The van der Waals surface area contributed by atoms with Crippen LogP contribution in [0.15, 0.2) is 0 Å². The minimum absolute atomic E-state index is 0.749. The molecule has 0 bridgehead atoms. The second-order valence-corrected chi connectivity index (χ2v) is 5.67. The summed E-state index contributed by atoms with van der Waals surface area (Å²) in [6.45, 7) is 7.97. The van der Waals surface area contributed by atoms with Gasteiger partial charge in [0.2, 0.25) is 0 Å². The fourth-order valence-electron chi connectivity index (χ4n) is 2.24. The van der Waals surface area contributed by atoms with Crippen LogP contribution in [0.5, 0.6) is 0 Å². The molecule has 0 aliphatic heterocycles. The van der Waals surface area contributed by atoms with E-state index < -0.39 is 0 Å². The normalized spacial score (nSPS) is 15.0. The molecular formula is C14H31NS. The molecule has 98 valence electrons. The van der Waals surface area contributed by atoms with Crippen LogP contribution in [-0.2, 0) is 0 Å². The number of hydrogen-bond donors (Lipinski definition) is 1. The van der Waals surface area contributed by atoms with Gasteiger partial charge >= 0.3 is 0 Å². The first kappa shape index (κ1) is 16.3. The smallest absolute Gasteiger partial charge is 0.00774 e. The highest BCUT2D eigenvalue weighted by atomic mass is 32.2.